The number of rotatable bonds is 6. The molecular weight excluding hydrogens is 291 g/mol. The zero-order chi connectivity index (χ0) is 15.2. The van der Waals surface area contributed by atoms with Crippen LogP contribution in [0.5, 0.6) is 5.75 Å². The van der Waals surface area contributed by atoms with Gasteiger partial charge in [0.15, 0.2) is 0 Å². The van der Waals surface area contributed by atoms with Crippen LogP contribution < -0.4 is 16.0 Å². The monoisotopic (exact) mass is 308 g/mol. The number of nitrogens with two attached hydrogens (primary N) is 1. The van der Waals surface area contributed by atoms with E-state index in [1.165, 1.54) is 12.1 Å². The van der Waals surface area contributed by atoms with E-state index in [0.717, 1.165) is 11.1 Å². The highest BCUT2D eigenvalue weighted by molar-refractivity contribution is 6.30. The number of nitrogens with one attached hydrogen (secondary N) is 1. The second-order valence-corrected chi connectivity index (χ2v) is 5.34. The van der Waals surface area contributed by atoms with Crippen molar-refractivity contribution < 1.29 is 9.13 Å². The molecule has 0 aromatic heterocycles. The van der Waals surface area contributed by atoms with E-state index in [0.29, 0.717) is 23.8 Å². The largest absolute Gasteiger partial charge is 0.492 e. The summed E-state index contributed by atoms with van der Waals surface area (Å²) in [5.41, 5.74) is 4.64. The van der Waals surface area contributed by atoms with Crippen molar-refractivity contribution in [3.63, 3.8) is 0 Å². The van der Waals surface area contributed by atoms with Crippen LogP contribution in [-0.2, 0) is 6.42 Å². The fourth-order valence-corrected chi connectivity index (χ4v) is 2.23. The van der Waals surface area contributed by atoms with Gasteiger partial charge in [-0.2, -0.15) is 0 Å². The van der Waals surface area contributed by atoms with Crippen LogP contribution in [-0.4, -0.2) is 12.6 Å². The first-order valence-electron chi connectivity index (χ1n) is 6.68. The molecule has 2 rings (SSSR count). The summed E-state index contributed by atoms with van der Waals surface area (Å²) >= 11 is 5.90. The Morgan fingerprint density at radius 1 is 1.29 bits per heavy atom. The number of hydrogen-bond donors (Lipinski definition) is 2. The summed E-state index contributed by atoms with van der Waals surface area (Å²) < 4.78 is 19.0. The number of hydrogen-bond acceptors (Lipinski definition) is 3. The van der Waals surface area contributed by atoms with Crippen LogP contribution in [0.4, 0.5) is 4.39 Å². The predicted octanol–water partition coefficient (Wildman–Crippen LogP) is 3.24. The third-order valence-electron chi connectivity index (χ3n) is 3.26. The van der Waals surface area contributed by atoms with E-state index in [-0.39, 0.29) is 11.9 Å². The molecule has 2 aromatic rings. The minimum Gasteiger partial charge on any atom is -0.492 e. The SMILES string of the molecule is Cc1ccc(F)cc1CC(COc1cccc(Cl)c1)NN. The smallest absolute Gasteiger partial charge is 0.123 e. The molecule has 1 unspecified atom stereocenters. The van der Waals surface area contributed by atoms with Crippen LogP contribution >= 0.6 is 11.6 Å². The van der Waals surface area contributed by atoms with Crippen molar-refractivity contribution in [2.24, 2.45) is 5.84 Å². The molecule has 0 fully saturated rings. The molecule has 21 heavy (non-hydrogen) atoms. The Kier molecular flexibility index (Phi) is 5.56. The van der Waals surface area contributed by atoms with E-state index in [2.05, 4.69) is 5.43 Å². The Bertz CT molecular complexity index is 607. The summed E-state index contributed by atoms with van der Waals surface area (Å²) in [6, 6.07) is 11.8. The molecule has 0 bridgehead atoms. The van der Waals surface area contributed by atoms with Gasteiger partial charge in [-0.05, 0) is 54.8 Å². The maximum absolute atomic E-state index is 13.3. The number of aryl methyl sites for hydroxylation is 1. The highest BCUT2D eigenvalue weighted by Gasteiger charge is 2.11. The number of halogens is 2. The molecular formula is C16H18ClFN2O. The highest BCUT2D eigenvalue weighted by atomic mass is 35.5. The molecule has 2 aromatic carbocycles. The van der Waals surface area contributed by atoms with Crippen molar-refractivity contribution in [2.75, 3.05) is 6.61 Å². The van der Waals surface area contributed by atoms with Gasteiger partial charge in [0.25, 0.3) is 0 Å². The molecule has 0 aliphatic rings. The summed E-state index contributed by atoms with van der Waals surface area (Å²) in [6.45, 7) is 2.31. The predicted molar refractivity (Wildman–Crippen MR) is 82.9 cm³/mol. The minimum atomic E-state index is -0.248. The maximum atomic E-state index is 13.3. The van der Waals surface area contributed by atoms with E-state index < -0.39 is 0 Å². The second-order valence-electron chi connectivity index (χ2n) is 4.91. The topological polar surface area (TPSA) is 47.3 Å². The van der Waals surface area contributed by atoms with Crippen LogP contribution in [0.15, 0.2) is 42.5 Å². The van der Waals surface area contributed by atoms with Crippen molar-refractivity contribution in [3.05, 3.63) is 64.4 Å². The van der Waals surface area contributed by atoms with E-state index in [9.17, 15) is 4.39 Å². The van der Waals surface area contributed by atoms with Gasteiger partial charge in [-0.1, -0.05) is 23.7 Å². The van der Waals surface area contributed by atoms with Crippen molar-refractivity contribution in [1.29, 1.82) is 0 Å². The lowest BCUT2D eigenvalue weighted by Gasteiger charge is -2.18. The summed E-state index contributed by atoms with van der Waals surface area (Å²) in [5.74, 6) is 5.98. The minimum absolute atomic E-state index is 0.121. The Hall–Kier alpha value is -1.62. The average Bonchev–Trinajstić information content (AvgIpc) is 2.47. The highest BCUT2D eigenvalue weighted by Crippen LogP contribution is 2.18. The molecule has 0 saturated heterocycles. The van der Waals surface area contributed by atoms with E-state index in [1.54, 1.807) is 18.2 Å². The number of benzene rings is 2. The first kappa shape index (κ1) is 15.8. The van der Waals surface area contributed by atoms with Crippen LogP contribution in [0.1, 0.15) is 11.1 Å². The molecule has 0 radical (unpaired) electrons. The Labute approximate surface area is 128 Å². The maximum Gasteiger partial charge on any atom is 0.123 e. The lowest BCUT2D eigenvalue weighted by molar-refractivity contribution is 0.264. The lowest BCUT2D eigenvalue weighted by atomic mass is 10.0. The first-order chi connectivity index (χ1) is 10.1. The van der Waals surface area contributed by atoms with Gasteiger partial charge in [0.1, 0.15) is 18.2 Å². The van der Waals surface area contributed by atoms with Gasteiger partial charge in [0, 0.05) is 5.02 Å². The van der Waals surface area contributed by atoms with Gasteiger partial charge in [-0.15, -0.1) is 0 Å². The lowest BCUT2D eigenvalue weighted by Crippen LogP contribution is -2.41. The third kappa shape index (κ3) is 4.70. The van der Waals surface area contributed by atoms with Gasteiger partial charge in [0.05, 0.1) is 6.04 Å². The van der Waals surface area contributed by atoms with Crippen LogP contribution in [0, 0.1) is 12.7 Å². The summed E-state index contributed by atoms with van der Waals surface area (Å²) in [4.78, 5) is 0. The fraction of sp³-hybridized carbons (Fsp3) is 0.250. The quantitative estimate of drug-likeness (QED) is 0.636. The zero-order valence-corrected chi connectivity index (χ0v) is 12.5. The molecule has 5 heteroatoms. The Balaban J connectivity index is 1.98. The number of ether oxygens (including phenoxy) is 1. The van der Waals surface area contributed by atoms with Gasteiger partial charge < -0.3 is 4.74 Å². The molecule has 0 spiro atoms. The van der Waals surface area contributed by atoms with Crippen molar-refractivity contribution in [1.82, 2.24) is 5.43 Å². The molecule has 0 aliphatic carbocycles. The molecule has 0 aliphatic heterocycles. The summed E-state index contributed by atoms with van der Waals surface area (Å²) in [7, 11) is 0. The van der Waals surface area contributed by atoms with E-state index >= 15 is 0 Å². The third-order valence-corrected chi connectivity index (χ3v) is 3.50. The summed E-state index contributed by atoms with van der Waals surface area (Å²) in [6.07, 6.45) is 0.584. The average molecular weight is 309 g/mol. The van der Waals surface area contributed by atoms with Gasteiger partial charge in [-0.25, -0.2) is 4.39 Å². The molecule has 0 amide bonds. The normalized spacial score (nSPS) is 12.2. The molecule has 0 saturated carbocycles. The van der Waals surface area contributed by atoms with Gasteiger partial charge >= 0.3 is 0 Å². The summed E-state index contributed by atoms with van der Waals surface area (Å²) in [5, 5.41) is 0.616. The van der Waals surface area contributed by atoms with Crippen molar-refractivity contribution >= 4 is 11.6 Å². The first-order valence-corrected chi connectivity index (χ1v) is 7.06. The van der Waals surface area contributed by atoms with Crippen LogP contribution in [0.25, 0.3) is 0 Å². The zero-order valence-electron chi connectivity index (χ0n) is 11.8. The molecule has 112 valence electrons. The fourth-order valence-electron chi connectivity index (χ4n) is 2.04. The van der Waals surface area contributed by atoms with Gasteiger partial charge in [0.2, 0.25) is 0 Å². The molecule has 3 nitrogen and oxygen atoms in total. The second kappa shape index (κ2) is 7.41. The molecule has 3 N–H and O–H groups in total. The molecule has 1 atom stereocenters. The van der Waals surface area contributed by atoms with E-state index in [4.69, 9.17) is 22.2 Å². The van der Waals surface area contributed by atoms with Crippen molar-refractivity contribution in [2.45, 2.75) is 19.4 Å². The Morgan fingerprint density at radius 3 is 2.81 bits per heavy atom. The van der Waals surface area contributed by atoms with Gasteiger partial charge in [-0.3, -0.25) is 11.3 Å². The standard InChI is InChI=1S/C16H18ClFN2O/c1-11-5-6-14(18)7-12(11)8-15(20-19)10-21-16-4-2-3-13(17)9-16/h2-7,9,15,20H,8,10,19H2,1H3. The van der Waals surface area contributed by atoms with Crippen LogP contribution in [0.3, 0.4) is 0 Å². The molecule has 0 heterocycles. The van der Waals surface area contributed by atoms with Crippen LogP contribution in [0.2, 0.25) is 5.02 Å². The number of hydrazine groups is 1. The van der Waals surface area contributed by atoms with E-state index in [1.807, 2.05) is 19.1 Å². The van der Waals surface area contributed by atoms with Crippen molar-refractivity contribution in [3.8, 4) is 5.75 Å². The Morgan fingerprint density at radius 2 is 2.10 bits per heavy atom.